The van der Waals surface area contributed by atoms with Crippen molar-refractivity contribution in [2.45, 2.75) is 385 Å². The van der Waals surface area contributed by atoms with Crippen LogP contribution in [0.15, 0.2) is 12.3 Å². The fourth-order valence-corrected chi connectivity index (χ4v) is 9.44. The number of aryl methyl sites for hydroxylation is 3. The lowest BCUT2D eigenvalue weighted by Crippen LogP contribution is -2.53. The molecule has 0 aliphatic carbocycles. The molecule has 0 saturated carbocycles. The molecule has 0 spiro atoms. The molecule has 0 bridgehead atoms. The minimum Gasteiger partial charge on any atom is -0.458 e. The SMILES string of the molecule is CC(C)(C)OC(=O)N[C@@H](CCCC[n+]1cc(CC[C@@H](C(=O)OC(C)(C)C)N(C(=O)OC(C)(C)C)C(=O)OC(C)(C)C)cc(CC[C@@H](C(=O)OC(C)(C)C)N(C(=O)OC(C)(C)C)C(=O)OC(C)(C)C)c1CCC[C@@H](C(=O)OC(C)(C)C)N(C(=O)OC(C)(C)C)C(=O)OC(C)(C)C)C(=O)OC(C)(C)C. The zero-order valence-electron chi connectivity index (χ0n) is 68.0. The van der Waals surface area contributed by atoms with Crippen LogP contribution in [0.3, 0.4) is 0 Å². The highest BCUT2D eigenvalue weighted by Crippen LogP contribution is 2.29. The molecule has 0 fully saturated rings. The molecule has 102 heavy (non-hydrogen) atoms. The molecule has 0 aliphatic rings. The van der Waals surface area contributed by atoms with Crippen molar-refractivity contribution in [1.29, 1.82) is 0 Å². The summed E-state index contributed by atoms with van der Waals surface area (Å²) < 4.78 is 65.7. The third-order valence-electron chi connectivity index (χ3n) is 12.7. The summed E-state index contributed by atoms with van der Waals surface area (Å²) in [6, 6.07) is -4.60. The molecule has 0 saturated heterocycles. The van der Waals surface area contributed by atoms with Gasteiger partial charge in [0, 0.05) is 24.0 Å². The first-order chi connectivity index (χ1) is 45.4. The average Bonchev–Trinajstić information content (AvgIpc) is 0.847. The number of pyridine rings is 1. The van der Waals surface area contributed by atoms with Crippen LogP contribution in [0.5, 0.6) is 0 Å². The van der Waals surface area contributed by atoms with Gasteiger partial charge >= 0.3 is 66.5 Å². The maximum Gasteiger partial charge on any atom is 0.420 e. The van der Waals surface area contributed by atoms with Crippen LogP contribution in [-0.4, -0.2) is 167 Å². The van der Waals surface area contributed by atoms with Gasteiger partial charge in [0.2, 0.25) is 0 Å². The van der Waals surface area contributed by atoms with Gasteiger partial charge in [0.25, 0.3) is 0 Å². The molecule has 0 radical (unpaired) electrons. The van der Waals surface area contributed by atoms with Gasteiger partial charge in [-0.25, -0.2) is 57.3 Å². The first kappa shape index (κ1) is 92.5. The number of nitrogens with one attached hydrogen (secondary N) is 1. The molecule has 584 valence electrons. The summed E-state index contributed by atoms with van der Waals surface area (Å²) >= 11 is 0. The summed E-state index contributed by atoms with van der Waals surface area (Å²) in [5, 5.41) is 2.67. The Kier molecular flexibility index (Phi) is 32.5. The number of imide groups is 3. The lowest BCUT2D eigenvalue weighted by atomic mass is 9.95. The Morgan fingerprint density at radius 2 is 0.598 bits per heavy atom. The molecular formula is C75H128N5O22+. The monoisotopic (exact) mass is 1450 g/mol. The Hall–Kier alpha value is -7.48. The van der Waals surface area contributed by atoms with Crippen molar-refractivity contribution in [2.24, 2.45) is 0 Å². The fourth-order valence-electron chi connectivity index (χ4n) is 9.44. The van der Waals surface area contributed by atoms with Crippen molar-refractivity contribution in [1.82, 2.24) is 20.0 Å². The average molecular weight is 1450 g/mol. The van der Waals surface area contributed by atoms with Crippen LogP contribution in [0, 0.1) is 0 Å². The van der Waals surface area contributed by atoms with Crippen LogP contribution in [0.25, 0.3) is 0 Å². The van der Waals surface area contributed by atoms with Crippen LogP contribution in [0.2, 0.25) is 0 Å². The van der Waals surface area contributed by atoms with E-state index in [4.69, 9.17) is 52.1 Å². The zero-order chi connectivity index (χ0) is 79.9. The van der Waals surface area contributed by atoms with E-state index >= 15 is 0 Å². The van der Waals surface area contributed by atoms with Crippen LogP contribution < -0.4 is 9.88 Å². The fraction of sp³-hybridized carbons (Fsp3) is 0.787. The van der Waals surface area contributed by atoms with Crippen LogP contribution in [0.1, 0.15) is 290 Å². The Morgan fingerprint density at radius 1 is 0.324 bits per heavy atom. The van der Waals surface area contributed by atoms with E-state index in [0.717, 1.165) is 0 Å². The predicted molar refractivity (Wildman–Crippen MR) is 381 cm³/mol. The zero-order valence-corrected chi connectivity index (χ0v) is 68.0. The van der Waals surface area contributed by atoms with E-state index in [-0.39, 0.29) is 70.8 Å². The smallest absolute Gasteiger partial charge is 0.420 e. The molecule has 1 heterocycles. The van der Waals surface area contributed by atoms with Crippen molar-refractivity contribution < 1.29 is 109 Å². The Bertz CT molecular complexity index is 2980. The number of ether oxygens (including phenoxy) is 11. The van der Waals surface area contributed by atoms with Crippen LogP contribution >= 0.6 is 0 Å². The molecule has 0 aromatic carbocycles. The van der Waals surface area contributed by atoms with E-state index in [9.17, 15) is 52.7 Å². The largest absolute Gasteiger partial charge is 0.458 e. The highest BCUT2D eigenvalue weighted by molar-refractivity contribution is 5.96. The second-order valence-corrected chi connectivity index (χ2v) is 36.4. The number of hydrogen-bond acceptors (Lipinski definition) is 22. The van der Waals surface area contributed by atoms with Gasteiger partial charge in [-0.05, 0) is 286 Å². The molecule has 1 N–H and O–H groups in total. The molecule has 1 rings (SSSR count). The number of hydrogen-bond donors (Lipinski definition) is 1. The van der Waals surface area contributed by atoms with E-state index in [1.165, 1.54) is 0 Å². The third kappa shape index (κ3) is 38.2. The molecule has 1 aromatic rings. The Labute approximate surface area is 607 Å². The predicted octanol–water partition coefficient (Wildman–Crippen LogP) is 15.2. The second kappa shape index (κ2) is 35.8. The normalized spacial score (nSPS) is 14.0. The van der Waals surface area contributed by atoms with Crippen molar-refractivity contribution in [3.8, 4) is 0 Å². The van der Waals surface area contributed by atoms with Gasteiger partial charge in [0.1, 0.15) is 92.3 Å². The number of carbonyl (C=O) groups excluding carboxylic acids is 11. The summed E-state index contributed by atoms with van der Waals surface area (Å²) in [4.78, 5) is 160. The first-order valence-electron chi connectivity index (χ1n) is 35.2. The standard InChI is InChI=1S/C75H127N5O22/c1-65(2,3)92-54(81)49(76-58(85)96-69(13,14)15)37-34-35-44-77-46-47(40-42-52(56(83)94-67(7,8)9)79(61(88)99-72(22,23)24)62(89)100-73(25,26)27)45-48(41-43-53(57(84)95-68(10,11)12)80(63(90)101-74(28,29)30)64(91)102-75(31,32)33)50(77)38-36-39-51(55(82)93-66(4,5)6)78(59(86)97-70(16,17)18)60(87)98-71(19,20)21/h45-46,49,51-53H,34-44H2,1-33H3/p+1/t49-,51-,52-,53-/m0/s1. The van der Waals surface area contributed by atoms with Crippen molar-refractivity contribution >= 4 is 66.5 Å². The number of alkyl carbamates (subject to hydrolysis) is 1. The van der Waals surface area contributed by atoms with Gasteiger partial charge < -0.3 is 57.4 Å². The number of aromatic nitrogens is 1. The first-order valence-corrected chi connectivity index (χ1v) is 35.2. The van der Waals surface area contributed by atoms with Gasteiger partial charge in [-0.1, -0.05) is 0 Å². The summed E-state index contributed by atoms with van der Waals surface area (Å²) in [6.45, 7) is 53.2. The van der Waals surface area contributed by atoms with Crippen molar-refractivity contribution in [3.63, 3.8) is 0 Å². The molecule has 0 unspecified atom stereocenters. The minimum atomic E-state index is -1.76. The third-order valence-corrected chi connectivity index (χ3v) is 12.7. The summed E-state index contributed by atoms with van der Waals surface area (Å²) in [7, 11) is 0. The van der Waals surface area contributed by atoms with Crippen LogP contribution in [0.4, 0.5) is 33.6 Å². The molecule has 1 aromatic heterocycles. The molecule has 4 atom stereocenters. The number of amides is 7. The van der Waals surface area contributed by atoms with Crippen molar-refractivity contribution in [2.75, 3.05) is 0 Å². The number of nitrogens with zero attached hydrogens (tertiary/aromatic N) is 4. The van der Waals surface area contributed by atoms with E-state index in [0.29, 0.717) is 31.5 Å². The quantitative estimate of drug-likeness (QED) is 0.0460. The van der Waals surface area contributed by atoms with E-state index in [2.05, 4.69) is 5.32 Å². The van der Waals surface area contributed by atoms with Gasteiger partial charge in [-0.3, -0.25) is 0 Å². The molecule has 27 heteroatoms. The van der Waals surface area contributed by atoms with Crippen molar-refractivity contribution in [3.05, 3.63) is 29.1 Å². The van der Waals surface area contributed by atoms with E-state index < -0.39 is 152 Å². The minimum absolute atomic E-state index is 0.0172. The van der Waals surface area contributed by atoms with Gasteiger partial charge in [0.05, 0.1) is 0 Å². The summed E-state index contributed by atoms with van der Waals surface area (Å²) in [6.07, 6.45) is -7.24. The number of unbranched alkanes of at least 4 members (excludes halogenated alkanes) is 1. The lowest BCUT2D eigenvalue weighted by Gasteiger charge is -2.34. The Morgan fingerprint density at radius 3 is 0.892 bits per heavy atom. The van der Waals surface area contributed by atoms with Gasteiger partial charge in [-0.15, -0.1) is 0 Å². The maximum atomic E-state index is 14.9. The lowest BCUT2D eigenvalue weighted by molar-refractivity contribution is -0.705. The second-order valence-electron chi connectivity index (χ2n) is 36.4. The van der Waals surface area contributed by atoms with Gasteiger partial charge in [-0.2, -0.15) is 14.7 Å². The Balaban J connectivity index is 5.04. The summed E-state index contributed by atoms with van der Waals surface area (Å²) in [5.41, 5.74) is -11.1. The van der Waals surface area contributed by atoms with Gasteiger partial charge in [0.15, 0.2) is 11.9 Å². The van der Waals surface area contributed by atoms with E-state index in [1.807, 2.05) is 4.57 Å². The molecule has 27 nitrogen and oxygen atoms in total. The number of carbonyl (C=O) groups is 11. The topological polar surface area (TPSA) is 315 Å². The van der Waals surface area contributed by atoms with E-state index in [1.54, 1.807) is 241 Å². The molecule has 7 amide bonds. The maximum absolute atomic E-state index is 14.9. The summed E-state index contributed by atoms with van der Waals surface area (Å²) in [5.74, 6) is -3.70. The number of rotatable bonds is 23. The highest BCUT2D eigenvalue weighted by atomic mass is 16.6. The molecular weight excluding hydrogens is 1320 g/mol. The van der Waals surface area contributed by atoms with Crippen LogP contribution in [-0.2, 0) is 97.1 Å². The highest BCUT2D eigenvalue weighted by Gasteiger charge is 2.46. The molecule has 0 aliphatic heterocycles. The number of esters is 4.